The number of halogens is 1. The molecule has 65 heavy (non-hydrogen) atoms. The fourth-order valence-electron chi connectivity index (χ4n) is 7.38. The van der Waals surface area contributed by atoms with E-state index in [0.717, 1.165) is 91.8 Å². The lowest BCUT2D eigenvalue weighted by Crippen LogP contribution is -2.36. The van der Waals surface area contributed by atoms with Gasteiger partial charge in [-0.2, -0.15) is 0 Å². The van der Waals surface area contributed by atoms with Crippen LogP contribution in [0.2, 0.25) is 5.15 Å². The standard InChI is InChI=1S/C23H19ClN6O3.C23H22N6O.2CH4/c24-22-19-8-9-25-20(15-2-1-3-18(14-15)30(31)32)21(19)27-23(28-22)26-16-4-6-17(7-5-16)29-10-12-33-13-11-29;24-18-3-1-2-16(14-18)21-22-17(8-9-25-21)15-26-23(28-22)27-19-4-6-20(7-5-19)29-10-12-30-13-11-29;;/h1-9,14H,10-13H2,(H,26,27,28);1-9,14-15H,10-13,24H2,(H,26,27,28);2*1H4. The average molecular weight is 893 g/mol. The third-order valence-electron chi connectivity index (χ3n) is 10.6. The molecule has 0 amide bonds. The summed E-state index contributed by atoms with van der Waals surface area (Å²) in [6.07, 6.45) is 5.16. The highest BCUT2D eigenvalue weighted by atomic mass is 35.5. The minimum Gasteiger partial charge on any atom is -0.399 e. The lowest BCUT2D eigenvalue weighted by atomic mass is 10.1. The second-order valence-electron chi connectivity index (χ2n) is 14.7. The number of nitro groups is 1. The summed E-state index contributed by atoms with van der Waals surface area (Å²) in [5, 5.41) is 19.5. The van der Waals surface area contributed by atoms with Crippen molar-refractivity contribution in [2.75, 3.05) is 78.8 Å². The van der Waals surface area contributed by atoms with E-state index >= 15 is 0 Å². The van der Waals surface area contributed by atoms with Crippen LogP contribution in [0.15, 0.2) is 128 Å². The molecule has 4 aromatic carbocycles. The first-order chi connectivity index (χ1) is 30.8. The van der Waals surface area contributed by atoms with Crippen LogP contribution in [0.5, 0.6) is 0 Å². The van der Waals surface area contributed by atoms with Crippen LogP contribution in [-0.2, 0) is 9.47 Å². The van der Waals surface area contributed by atoms with E-state index in [9.17, 15) is 10.1 Å². The van der Waals surface area contributed by atoms with Gasteiger partial charge in [-0.15, -0.1) is 0 Å². The number of morpholine rings is 2. The highest BCUT2D eigenvalue weighted by Gasteiger charge is 2.17. The highest BCUT2D eigenvalue weighted by Crippen LogP contribution is 2.33. The molecular weight excluding hydrogens is 844 g/mol. The zero-order valence-electron chi connectivity index (χ0n) is 33.9. The number of nitrogens with zero attached hydrogens (tertiary/aromatic N) is 9. The topological polar surface area (TPSA) is 195 Å². The summed E-state index contributed by atoms with van der Waals surface area (Å²) >= 11 is 6.45. The van der Waals surface area contributed by atoms with Crippen LogP contribution in [-0.4, -0.2) is 87.4 Å². The molecule has 0 spiro atoms. The van der Waals surface area contributed by atoms with Gasteiger partial charge in [-0.3, -0.25) is 20.1 Å². The minimum absolute atomic E-state index is 0. The third kappa shape index (κ3) is 10.6. The van der Waals surface area contributed by atoms with Crippen molar-refractivity contribution in [2.24, 2.45) is 0 Å². The number of non-ortho nitro benzene ring substituents is 1. The molecule has 2 aliphatic heterocycles. The van der Waals surface area contributed by atoms with Gasteiger partial charge >= 0.3 is 0 Å². The smallest absolute Gasteiger partial charge is 0.270 e. The van der Waals surface area contributed by atoms with E-state index in [-0.39, 0.29) is 25.7 Å². The van der Waals surface area contributed by atoms with Gasteiger partial charge in [-0.1, -0.05) is 50.7 Å². The molecule has 10 rings (SSSR count). The van der Waals surface area contributed by atoms with Crippen LogP contribution >= 0.6 is 11.6 Å². The molecule has 17 heteroatoms. The van der Waals surface area contributed by atoms with Gasteiger partial charge in [-0.25, -0.2) is 19.9 Å². The van der Waals surface area contributed by atoms with Crippen LogP contribution < -0.4 is 26.2 Å². The number of nitrogens with one attached hydrogen (secondary N) is 2. The van der Waals surface area contributed by atoms with E-state index in [2.05, 4.69) is 57.5 Å². The van der Waals surface area contributed by atoms with Gasteiger partial charge in [0, 0.05) is 107 Å². The molecule has 2 fully saturated rings. The van der Waals surface area contributed by atoms with E-state index in [1.807, 2.05) is 72.9 Å². The van der Waals surface area contributed by atoms with Crippen molar-refractivity contribution in [3.8, 4) is 22.5 Å². The zero-order chi connectivity index (χ0) is 43.1. The lowest BCUT2D eigenvalue weighted by molar-refractivity contribution is -0.384. The predicted octanol–water partition coefficient (Wildman–Crippen LogP) is 9.96. The number of hydrogen-bond donors (Lipinski definition) is 3. The Kier molecular flexibility index (Phi) is 14.5. The first kappa shape index (κ1) is 45.5. The van der Waals surface area contributed by atoms with Crippen molar-refractivity contribution >= 4 is 79.4 Å². The Balaban J connectivity index is 0.000000189. The van der Waals surface area contributed by atoms with Gasteiger partial charge < -0.3 is 35.6 Å². The summed E-state index contributed by atoms with van der Waals surface area (Å²) in [5.41, 5.74) is 14.7. The maximum atomic E-state index is 11.2. The second kappa shape index (κ2) is 20.8. The maximum Gasteiger partial charge on any atom is 0.270 e. The molecule has 2 aliphatic rings. The fraction of sp³-hybridized carbons (Fsp3) is 0.208. The Morgan fingerprint density at radius 2 is 1.17 bits per heavy atom. The zero-order valence-corrected chi connectivity index (χ0v) is 34.7. The summed E-state index contributed by atoms with van der Waals surface area (Å²) in [7, 11) is 0. The number of ether oxygens (including phenoxy) is 2. The molecule has 0 aliphatic carbocycles. The molecule has 332 valence electrons. The largest absolute Gasteiger partial charge is 0.399 e. The van der Waals surface area contributed by atoms with E-state index in [0.29, 0.717) is 39.7 Å². The van der Waals surface area contributed by atoms with Gasteiger partial charge in [-0.05, 0) is 72.8 Å². The number of benzene rings is 4. The minimum atomic E-state index is -0.440. The van der Waals surface area contributed by atoms with Gasteiger partial charge in [0.05, 0.1) is 42.7 Å². The van der Waals surface area contributed by atoms with Crippen LogP contribution in [0.25, 0.3) is 44.3 Å². The molecule has 16 nitrogen and oxygen atoms in total. The summed E-state index contributed by atoms with van der Waals surface area (Å²) in [6, 6.07) is 33.8. The number of aromatic nitrogens is 6. The second-order valence-corrected chi connectivity index (χ2v) is 15.0. The Labute approximate surface area is 381 Å². The van der Waals surface area contributed by atoms with Crippen molar-refractivity contribution in [1.82, 2.24) is 29.9 Å². The van der Waals surface area contributed by atoms with E-state index in [4.69, 9.17) is 31.8 Å². The molecule has 0 unspecified atom stereocenters. The Bertz CT molecular complexity index is 2890. The van der Waals surface area contributed by atoms with E-state index < -0.39 is 4.92 Å². The first-order valence-corrected chi connectivity index (χ1v) is 20.7. The SMILES string of the molecule is C.C.Nc1cccc(-c2nccc3cnc(Nc4ccc(N5CCOCC5)cc4)nc23)c1.O=[N+]([O-])c1cccc(-c2nccc3c(Cl)nc(Nc4ccc(N5CCOCC5)cc4)nc23)c1. The van der Waals surface area contributed by atoms with Gasteiger partial charge in [0.2, 0.25) is 11.9 Å². The summed E-state index contributed by atoms with van der Waals surface area (Å²) < 4.78 is 10.8. The number of pyridine rings is 2. The van der Waals surface area contributed by atoms with Crippen molar-refractivity contribution < 1.29 is 14.4 Å². The number of nitrogen functional groups attached to an aromatic ring is 1. The van der Waals surface area contributed by atoms with Crippen LogP contribution in [0.1, 0.15) is 14.9 Å². The van der Waals surface area contributed by atoms with Crippen molar-refractivity contribution in [3.05, 3.63) is 143 Å². The maximum absolute atomic E-state index is 11.2. The first-order valence-electron chi connectivity index (χ1n) is 20.3. The summed E-state index contributed by atoms with van der Waals surface area (Å²) in [5.74, 6) is 0.839. The molecule has 2 saturated heterocycles. The number of rotatable bonds is 9. The van der Waals surface area contributed by atoms with Crippen LogP contribution in [0, 0.1) is 10.1 Å². The molecule has 0 atom stereocenters. The fourth-order valence-corrected chi connectivity index (χ4v) is 7.61. The molecular formula is C48H49ClN12O4. The Morgan fingerprint density at radius 3 is 1.77 bits per heavy atom. The molecule has 0 radical (unpaired) electrons. The lowest BCUT2D eigenvalue weighted by Gasteiger charge is -2.28. The number of fused-ring (bicyclic) bond motifs is 2. The summed E-state index contributed by atoms with van der Waals surface area (Å²) in [6.45, 7) is 6.56. The molecule has 6 heterocycles. The molecule has 8 aromatic rings. The van der Waals surface area contributed by atoms with Gasteiger partial charge in [0.25, 0.3) is 5.69 Å². The summed E-state index contributed by atoms with van der Waals surface area (Å²) in [4.78, 5) is 42.5. The van der Waals surface area contributed by atoms with Crippen LogP contribution in [0.3, 0.4) is 0 Å². The number of nitrogens with two attached hydrogens (primary N) is 1. The molecule has 4 aromatic heterocycles. The third-order valence-corrected chi connectivity index (χ3v) is 10.8. The van der Waals surface area contributed by atoms with Crippen molar-refractivity contribution in [3.63, 3.8) is 0 Å². The van der Waals surface area contributed by atoms with Gasteiger partial charge in [0.15, 0.2) is 0 Å². The number of nitro benzene ring substituents is 1. The van der Waals surface area contributed by atoms with E-state index in [1.54, 1.807) is 30.6 Å². The highest BCUT2D eigenvalue weighted by molar-refractivity contribution is 6.34. The predicted molar refractivity (Wildman–Crippen MR) is 261 cm³/mol. The molecule has 0 bridgehead atoms. The number of hydrogen-bond acceptors (Lipinski definition) is 15. The Hall–Kier alpha value is -7.53. The van der Waals surface area contributed by atoms with Crippen LogP contribution in [0.4, 0.5) is 46.0 Å². The van der Waals surface area contributed by atoms with Crippen molar-refractivity contribution in [1.29, 1.82) is 0 Å². The van der Waals surface area contributed by atoms with Crippen molar-refractivity contribution in [2.45, 2.75) is 14.9 Å². The molecule has 4 N–H and O–H groups in total. The Morgan fingerprint density at radius 1 is 0.631 bits per heavy atom. The normalized spacial score (nSPS) is 13.5. The monoisotopic (exact) mass is 892 g/mol. The van der Waals surface area contributed by atoms with E-state index in [1.165, 1.54) is 17.8 Å². The van der Waals surface area contributed by atoms with Gasteiger partial charge in [0.1, 0.15) is 16.2 Å². The number of anilines is 7. The molecule has 0 saturated carbocycles. The average Bonchev–Trinajstić information content (AvgIpc) is 3.32. The quantitative estimate of drug-likeness (QED) is 0.0536.